The van der Waals surface area contributed by atoms with Gasteiger partial charge in [-0.15, -0.1) is 0 Å². The van der Waals surface area contributed by atoms with Crippen LogP contribution in [0.1, 0.15) is 30.4 Å². The van der Waals surface area contributed by atoms with Gasteiger partial charge in [0.05, 0.1) is 0 Å². The average molecular weight is 245 g/mol. The summed E-state index contributed by atoms with van der Waals surface area (Å²) in [7, 11) is 0. The molecule has 0 aliphatic heterocycles. The number of carbonyl (C=O) groups excluding carboxylic acids is 1. The summed E-state index contributed by atoms with van der Waals surface area (Å²) in [5.74, 6) is 2.28. The number of phenolic OH excluding ortho intramolecular Hbond substituents is 1. The molecular formula is C15H19NO2. The van der Waals surface area contributed by atoms with Crippen molar-refractivity contribution in [1.82, 2.24) is 0 Å². The van der Waals surface area contributed by atoms with E-state index >= 15 is 0 Å². The second kappa shape index (κ2) is 4.01. The lowest BCUT2D eigenvalue weighted by atomic mass is 10.0. The van der Waals surface area contributed by atoms with Crippen molar-refractivity contribution in [2.75, 3.05) is 5.32 Å². The summed E-state index contributed by atoms with van der Waals surface area (Å²) in [6.07, 6.45) is 3.46. The minimum atomic E-state index is 0.149. The van der Waals surface area contributed by atoms with Gasteiger partial charge in [0.25, 0.3) is 0 Å². The second-order valence-corrected chi connectivity index (χ2v) is 5.87. The maximum atomic E-state index is 12.2. The van der Waals surface area contributed by atoms with Crippen LogP contribution in [0.5, 0.6) is 5.75 Å². The van der Waals surface area contributed by atoms with E-state index in [-0.39, 0.29) is 17.6 Å². The zero-order valence-corrected chi connectivity index (χ0v) is 10.9. The number of carbonyl (C=O) groups is 1. The van der Waals surface area contributed by atoms with E-state index in [4.69, 9.17) is 0 Å². The van der Waals surface area contributed by atoms with Crippen molar-refractivity contribution in [3.8, 4) is 5.75 Å². The van der Waals surface area contributed by atoms with Crippen molar-refractivity contribution in [2.45, 2.75) is 33.1 Å². The molecule has 2 fully saturated rings. The van der Waals surface area contributed by atoms with Crippen molar-refractivity contribution in [1.29, 1.82) is 0 Å². The van der Waals surface area contributed by atoms with Crippen LogP contribution in [-0.2, 0) is 4.79 Å². The Balaban J connectivity index is 1.72. The van der Waals surface area contributed by atoms with Gasteiger partial charge in [0.15, 0.2) is 0 Å². The van der Waals surface area contributed by atoms with Crippen LogP contribution in [0.15, 0.2) is 12.1 Å². The van der Waals surface area contributed by atoms with Crippen LogP contribution < -0.4 is 5.32 Å². The lowest BCUT2D eigenvalue weighted by molar-refractivity contribution is -0.120. The van der Waals surface area contributed by atoms with E-state index < -0.39 is 0 Å². The Morgan fingerprint density at radius 2 is 1.83 bits per heavy atom. The van der Waals surface area contributed by atoms with Gasteiger partial charge < -0.3 is 10.4 Å². The van der Waals surface area contributed by atoms with Gasteiger partial charge in [-0.2, -0.15) is 0 Å². The predicted octanol–water partition coefficient (Wildman–Crippen LogP) is 2.99. The van der Waals surface area contributed by atoms with Gasteiger partial charge in [0.1, 0.15) is 5.75 Å². The maximum Gasteiger partial charge on any atom is 0.227 e. The Morgan fingerprint density at radius 1 is 1.17 bits per heavy atom. The van der Waals surface area contributed by atoms with Gasteiger partial charge in [-0.3, -0.25) is 4.79 Å². The summed E-state index contributed by atoms with van der Waals surface area (Å²) in [6.45, 7) is 3.75. The second-order valence-electron chi connectivity index (χ2n) is 5.87. The number of hydrogen-bond donors (Lipinski definition) is 2. The monoisotopic (exact) mass is 245 g/mol. The molecule has 0 spiro atoms. The third kappa shape index (κ3) is 1.98. The zero-order chi connectivity index (χ0) is 12.9. The smallest absolute Gasteiger partial charge is 0.227 e. The van der Waals surface area contributed by atoms with Crippen LogP contribution in [0.4, 0.5) is 5.69 Å². The molecule has 2 saturated carbocycles. The van der Waals surface area contributed by atoms with Crippen LogP contribution in [0.3, 0.4) is 0 Å². The molecule has 3 rings (SSSR count). The molecule has 3 nitrogen and oxygen atoms in total. The Bertz CT molecular complexity index is 499. The molecular weight excluding hydrogens is 226 g/mol. The maximum absolute atomic E-state index is 12.2. The van der Waals surface area contributed by atoms with Crippen LogP contribution in [0, 0.1) is 31.6 Å². The molecule has 2 N–H and O–H groups in total. The number of anilines is 1. The van der Waals surface area contributed by atoms with Crippen LogP contribution in [0.25, 0.3) is 0 Å². The fourth-order valence-corrected chi connectivity index (χ4v) is 3.10. The molecule has 2 aliphatic rings. The van der Waals surface area contributed by atoms with Crippen LogP contribution in [0.2, 0.25) is 0 Å². The van der Waals surface area contributed by atoms with Gasteiger partial charge in [-0.05, 0) is 68.2 Å². The van der Waals surface area contributed by atoms with Gasteiger partial charge in [-0.1, -0.05) is 0 Å². The summed E-state index contributed by atoms with van der Waals surface area (Å²) >= 11 is 0. The largest absolute Gasteiger partial charge is 0.508 e. The number of nitrogens with one attached hydrogen (secondary N) is 1. The molecule has 0 aromatic heterocycles. The Labute approximate surface area is 107 Å². The number of rotatable bonds is 2. The molecule has 1 aromatic carbocycles. The van der Waals surface area contributed by atoms with Crippen molar-refractivity contribution in [2.24, 2.45) is 17.8 Å². The topological polar surface area (TPSA) is 49.3 Å². The molecule has 96 valence electrons. The van der Waals surface area contributed by atoms with E-state index in [0.717, 1.165) is 41.5 Å². The van der Waals surface area contributed by atoms with Crippen molar-refractivity contribution >= 4 is 11.6 Å². The van der Waals surface area contributed by atoms with E-state index in [1.54, 1.807) is 6.07 Å². The number of aryl methyl sites for hydroxylation is 2. The normalized spacial score (nSPS) is 28.9. The standard InChI is InChI=1S/C15H19NO2/c1-8-4-14(17)9(2)3-13(8)16-15(18)12-6-10-5-11(10)7-12/h3-4,10-12,17H,5-7H2,1-2H3,(H,16,18). The van der Waals surface area contributed by atoms with E-state index in [1.165, 1.54) is 6.42 Å². The minimum Gasteiger partial charge on any atom is -0.508 e. The highest BCUT2D eigenvalue weighted by atomic mass is 16.3. The number of benzene rings is 1. The fourth-order valence-electron chi connectivity index (χ4n) is 3.10. The molecule has 2 unspecified atom stereocenters. The summed E-state index contributed by atoms with van der Waals surface area (Å²) in [5, 5.41) is 12.6. The Morgan fingerprint density at radius 3 is 2.50 bits per heavy atom. The number of phenols is 1. The highest BCUT2D eigenvalue weighted by molar-refractivity contribution is 5.93. The average Bonchev–Trinajstić information content (AvgIpc) is 2.93. The number of hydrogen-bond acceptors (Lipinski definition) is 2. The van der Waals surface area contributed by atoms with E-state index in [0.29, 0.717) is 0 Å². The third-order valence-corrected chi connectivity index (χ3v) is 4.42. The molecule has 0 saturated heterocycles. The molecule has 1 aromatic rings. The first-order valence-electron chi connectivity index (χ1n) is 6.65. The molecule has 1 amide bonds. The zero-order valence-electron chi connectivity index (χ0n) is 10.9. The van der Waals surface area contributed by atoms with Crippen LogP contribution in [-0.4, -0.2) is 11.0 Å². The first kappa shape index (κ1) is 11.6. The van der Waals surface area contributed by atoms with Crippen molar-refractivity contribution in [3.63, 3.8) is 0 Å². The first-order valence-corrected chi connectivity index (χ1v) is 6.65. The Kier molecular flexibility index (Phi) is 2.58. The SMILES string of the molecule is Cc1cc(NC(=O)C2CC3CC3C2)c(C)cc1O. The summed E-state index contributed by atoms with van der Waals surface area (Å²) in [4.78, 5) is 12.2. The fraction of sp³-hybridized carbons (Fsp3) is 0.533. The predicted molar refractivity (Wildman–Crippen MR) is 70.5 cm³/mol. The summed E-state index contributed by atoms with van der Waals surface area (Å²) < 4.78 is 0. The van der Waals surface area contributed by atoms with Crippen LogP contribution >= 0.6 is 0 Å². The lowest BCUT2D eigenvalue weighted by Gasteiger charge is -2.15. The molecule has 0 heterocycles. The molecule has 0 radical (unpaired) electrons. The highest BCUT2D eigenvalue weighted by Gasteiger charge is 2.47. The number of amides is 1. The van der Waals surface area contributed by atoms with E-state index in [2.05, 4.69) is 5.32 Å². The van der Waals surface area contributed by atoms with Gasteiger partial charge in [0, 0.05) is 11.6 Å². The molecule has 18 heavy (non-hydrogen) atoms. The lowest BCUT2D eigenvalue weighted by Crippen LogP contribution is -2.22. The van der Waals surface area contributed by atoms with Crippen molar-refractivity contribution in [3.05, 3.63) is 23.3 Å². The first-order chi connectivity index (χ1) is 8.54. The summed E-state index contributed by atoms with van der Waals surface area (Å²) in [5.41, 5.74) is 2.54. The third-order valence-electron chi connectivity index (χ3n) is 4.42. The quantitative estimate of drug-likeness (QED) is 0.787. The Hall–Kier alpha value is -1.51. The van der Waals surface area contributed by atoms with Crippen molar-refractivity contribution < 1.29 is 9.90 Å². The van der Waals surface area contributed by atoms with Gasteiger partial charge in [-0.25, -0.2) is 0 Å². The minimum absolute atomic E-state index is 0.149. The number of fused-ring (bicyclic) bond motifs is 1. The van der Waals surface area contributed by atoms with E-state index in [1.807, 2.05) is 19.9 Å². The number of aromatic hydroxyl groups is 1. The molecule has 3 heteroatoms. The highest BCUT2D eigenvalue weighted by Crippen LogP contribution is 2.54. The molecule has 0 bridgehead atoms. The molecule has 2 aliphatic carbocycles. The van der Waals surface area contributed by atoms with E-state index in [9.17, 15) is 9.90 Å². The molecule has 2 atom stereocenters. The summed E-state index contributed by atoms with van der Waals surface area (Å²) in [6, 6.07) is 3.55. The van der Waals surface area contributed by atoms with Gasteiger partial charge in [0.2, 0.25) is 5.91 Å². The van der Waals surface area contributed by atoms with Gasteiger partial charge >= 0.3 is 0 Å².